The molecule has 24 heavy (non-hydrogen) atoms. The first-order chi connectivity index (χ1) is 11.7. The highest BCUT2D eigenvalue weighted by atomic mass is 32.1. The van der Waals surface area contributed by atoms with Crippen molar-refractivity contribution in [3.05, 3.63) is 58.6 Å². The van der Waals surface area contributed by atoms with Crippen LogP contribution in [0.5, 0.6) is 0 Å². The third-order valence-electron chi connectivity index (χ3n) is 3.16. The first-order valence-electron chi connectivity index (χ1n) is 7.22. The van der Waals surface area contributed by atoms with Crippen LogP contribution in [-0.4, -0.2) is 22.0 Å². The van der Waals surface area contributed by atoms with Crippen LogP contribution in [0, 0.1) is 0 Å². The average molecular weight is 342 g/mol. The van der Waals surface area contributed by atoms with E-state index in [0.29, 0.717) is 23.7 Å². The van der Waals surface area contributed by atoms with Crippen molar-refractivity contribution in [2.75, 3.05) is 0 Å². The van der Waals surface area contributed by atoms with Crippen molar-refractivity contribution in [2.45, 2.75) is 12.8 Å². The van der Waals surface area contributed by atoms with Gasteiger partial charge >= 0.3 is 0 Å². The smallest absolute Gasteiger partial charge is 0.269 e. The number of hydrogen-bond donors (Lipinski definition) is 2. The normalized spacial score (nSPS) is 10.3. The first-order valence-corrected chi connectivity index (χ1v) is 8.16. The van der Waals surface area contributed by atoms with Crippen molar-refractivity contribution >= 4 is 23.2 Å². The van der Waals surface area contributed by atoms with Gasteiger partial charge in [0.05, 0.1) is 0 Å². The number of hydrogen-bond acceptors (Lipinski definition) is 6. The molecule has 0 aliphatic heterocycles. The Balaban J connectivity index is 1.45. The zero-order valence-electron chi connectivity index (χ0n) is 12.6. The van der Waals surface area contributed by atoms with Gasteiger partial charge in [-0.1, -0.05) is 23.4 Å². The number of carbonyl (C=O) groups excluding carboxylic acids is 2. The summed E-state index contributed by atoms with van der Waals surface area (Å²) in [6.07, 6.45) is 0.421. The van der Waals surface area contributed by atoms with Crippen molar-refractivity contribution < 1.29 is 14.1 Å². The zero-order valence-corrected chi connectivity index (χ0v) is 13.4. The zero-order chi connectivity index (χ0) is 16.8. The predicted molar refractivity (Wildman–Crippen MR) is 88.0 cm³/mol. The van der Waals surface area contributed by atoms with Crippen molar-refractivity contribution in [1.29, 1.82) is 0 Å². The summed E-state index contributed by atoms with van der Waals surface area (Å²) in [7, 11) is 0. The number of carbonyl (C=O) groups is 2. The highest BCUT2D eigenvalue weighted by molar-refractivity contribution is 7.08. The molecule has 0 aliphatic carbocycles. The Labute approximate surface area is 141 Å². The lowest BCUT2D eigenvalue weighted by Crippen LogP contribution is -2.41. The molecule has 0 bridgehead atoms. The quantitative estimate of drug-likeness (QED) is 0.693. The van der Waals surface area contributed by atoms with E-state index >= 15 is 0 Å². The van der Waals surface area contributed by atoms with Gasteiger partial charge in [0.25, 0.3) is 5.91 Å². The Kier molecular flexibility index (Phi) is 4.97. The lowest BCUT2D eigenvalue weighted by molar-refractivity contribution is -0.121. The molecule has 0 saturated heterocycles. The van der Waals surface area contributed by atoms with Crippen LogP contribution < -0.4 is 10.9 Å². The molecule has 0 atom stereocenters. The summed E-state index contributed by atoms with van der Waals surface area (Å²) in [5.41, 5.74) is 6.07. The molecule has 2 aromatic heterocycles. The van der Waals surface area contributed by atoms with Crippen LogP contribution >= 0.6 is 11.3 Å². The number of aryl methyl sites for hydroxylation is 1. The number of benzene rings is 1. The molecule has 0 fully saturated rings. The molecule has 3 rings (SSSR count). The van der Waals surface area contributed by atoms with Gasteiger partial charge in [-0.3, -0.25) is 20.4 Å². The SMILES string of the molecule is O=C(CCc1nc(-c2ccsc2)no1)NNC(=O)c1ccccc1. The van der Waals surface area contributed by atoms with Gasteiger partial charge in [0.15, 0.2) is 0 Å². The Morgan fingerprint density at radius 1 is 1.12 bits per heavy atom. The molecule has 3 aromatic rings. The third kappa shape index (κ3) is 4.05. The summed E-state index contributed by atoms with van der Waals surface area (Å²) >= 11 is 1.54. The Morgan fingerprint density at radius 3 is 2.71 bits per heavy atom. The molecule has 0 unspecified atom stereocenters. The van der Waals surface area contributed by atoms with Crippen molar-refractivity contribution in [1.82, 2.24) is 21.0 Å². The van der Waals surface area contributed by atoms with E-state index in [1.807, 2.05) is 22.9 Å². The number of amides is 2. The minimum absolute atomic E-state index is 0.125. The maximum absolute atomic E-state index is 11.8. The molecule has 1 aromatic carbocycles. The molecule has 7 nitrogen and oxygen atoms in total. The molecule has 2 heterocycles. The molecule has 8 heteroatoms. The summed E-state index contributed by atoms with van der Waals surface area (Å²) in [6, 6.07) is 10.5. The number of aromatic nitrogens is 2. The summed E-state index contributed by atoms with van der Waals surface area (Å²) in [4.78, 5) is 27.8. The number of nitrogens with zero attached hydrogens (tertiary/aromatic N) is 2. The summed E-state index contributed by atoms with van der Waals surface area (Å²) in [5.74, 6) is 0.167. The Bertz CT molecular complexity index is 815. The summed E-state index contributed by atoms with van der Waals surface area (Å²) < 4.78 is 5.11. The topological polar surface area (TPSA) is 97.1 Å². The highest BCUT2D eigenvalue weighted by Crippen LogP contribution is 2.18. The van der Waals surface area contributed by atoms with E-state index in [0.717, 1.165) is 5.56 Å². The predicted octanol–water partition coefficient (Wildman–Crippen LogP) is 2.19. The van der Waals surface area contributed by atoms with Crippen LogP contribution in [0.1, 0.15) is 22.7 Å². The van der Waals surface area contributed by atoms with Crippen LogP contribution in [0.3, 0.4) is 0 Å². The molecule has 0 aliphatic rings. The minimum atomic E-state index is -0.374. The van der Waals surface area contributed by atoms with E-state index in [4.69, 9.17) is 4.52 Å². The van der Waals surface area contributed by atoms with Crippen LogP contribution in [0.25, 0.3) is 11.4 Å². The van der Waals surface area contributed by atoms with E-state index in [2.05, 4.69) is 21.0 Å². The minimum Gasteiger partial charge on any atom is -0.339 e. The van der Waals surface area contributed by atoms with Crippen LogP contribution in [0.4, 0.5) is 0 Å². The largest absolute Gasteiger partial charge is 0.339 e. The van der Waals surface area contributed by atoms with Crippen LogP contribution in [-0.2, 0) is 11.2 Å². The molecule has 2 amide bonds. The second kappa shape index (κ2) is 7.51. The van der Waals surface area contributed by atoms with Gasteiger partial charge in [0, 0.05) is 29.3 Å². The third-order valence-corrected chi connectivity index (χ3v) is 3.85. The molecular formula is C16H14N4O3S. The number of rotatable bonds is 5. The molecule has 2 N–H and O–H groups in total. The second-order valence-corrected chi connectivity index (χ2v) is 5.67. The van der Waals surface area contributed by atoms with Gasteiger partial charge in [0.1, 0.15) is 0 Å². The Morgan fingerprint density at radius 2 is 1.96 bits per heavy atom. The van der Waals surface area contributed by atoms with Gasteiger partial charge in [-0.15, -0.1) is 0 Å². The molecule has 0 saturated carbocycles. The van der Waals surface area contributed by atoms with Gasteiger partial charge in [-0.2, -0.15) is 16.3 Å². The van der Waals surface area contributed by atoms with E-state index in [1.54, 1.807) is 35.6 Å². The lowest BCUT2D eigenvalue weighted by Gasteiger charge is -2.06. The fourth-order valence-corrected chi connectivity index (χ4v) is 2.57. The lowest BCUT2D eigenvalue weighted by atomic mass is 10.2. The summed E-state index contributed by atoms with van der Waals surface area (Å²) in [5, 5.41) is 7.71. The standard InChI is InChI=1S/C16H14N4O3S/c21-13(18-19-16(22)11-4-2-1-3-5-11)6-7-14-17-15(20-23-14)12-8-9-24-10-12/h1-5,8-10H,6-7H2,(H,18,21)(H,19,22). The molecule has 0 spiro atoms. The van der Waals surface area contributed by atoms with Crippen molar-refractivity contribution in [3.63, 3.8) is 0 Å². The van der Waals surface area contributed by atoms with Crippen LogP contribution in [0.15, 0.2) is 51.7 Å². The van der Waals surface area contributed by atoms with E-state index in [9.17, 15) is 9.59 Å². The van der Waals surface area contributed by atoms with E-state index < -0.39 is 0 Å². The second-order valence-electron chi connectivity index (χ2n) is 4.89. The maximum atomic E-state index is 11.8. The monoisotopic (exact) mass is 342 g/mol. The van der Waals surface area contributed by atoms with Gasteiger partial charge in [-0.25, -0.2) is 0 Å². The maximum Gasteiger partial charge on any atom is 0.269 e. The summed E-state index contributed by atoms with van der Waals surface area (Å²) in [6.45, 7) is 0. The van der Waals surface area contributed by atoms with Gasteiger partial charge in [-0.05, 0) is 23.6 Å². The van der Waals surface area contributed by atoms with Crippen LogP contribution in [0.2, 0.25) is 0 Å². The highest BCUT2D eigenvalue weighted by Gasteiger charge is 2.11. The fourth-order valence-electron chi connectivity index (χ4n) is 1.94. The average Bonchev–Trinajstić information content (AvgIpc) is 3.29. The molecular weight excluding hydrogens is 328 g/mol. The molecule has 0 radical (unpaired) electrons. The first kappa shape index (κ1) is 15.9. The van der Waals surface area contributed by atoms with E-state index in [1.165, 1.54) is 0 Å². The van der Waals surface area contributed by atoms with Crippen molar-refractivity contribution in [3.8, 4) is 11.4 Å². The van der Waals surface area contributed by atoms with E-state index in [-0.39, 0.29) is 18.2 Å². The number of thiophene rings is 1. The fraction of sp³-hybridized carbons (Fsp3) is 0.125. The van der Waals surface area contributed by atoms with Crippen molar-refractivity contribution in [2.24, 2.45) is 0 Å². The number of hydrazine groups is 1. The van der Waals surface area contributed by atoms with Gasteiger partial charge in [0.2, 0.25) is 17.6 Å². The number of nitrogens with one attached hydrogen (secondary N) is 2. The Hall–Kier alpha value is -3.00. The molecule has 122 valence electrons. The van der Waals surface area contributed by atoms with Gasteiger partial charge < -0.3 is 4.52 Å².